The van der Waals surface area contributed by atoms with Crippen LogP contribution < -0.4 is 14.2 Å². The van der Waals surface area contributed by atoms with Gasteiger partial charge in [0.15, 0.2) is 5.78 Å². The molecule has 0 aliphatic carbocycles. The monoisotopic (exact) mass is 422 g/mol. The second-order valence-electron chi connectivity index (χ2n) is 6.20. The molecular formula is C24H19ClO5. The summed E-state index contributed by atoms with van der Waals surface area (Å²) in [6, 6.07) is 18.4. The molecule has 0 aromatic heterocycles. The van der Waals surface area contributed by atoms with Gasteiger partial charge in [-0.05, 0) is 54.6 Å². The first-order chi connectivity index (χ1) is 14.5. The van der Waals surface area contributed by atoms with Gasteiger partial charge in [0.1, 0.15) is 17.2 Å². The lowest BCUT2D eigenvalue weighted by Gasteiger charge is -2.10. The zero-order valence-electron chi connectivity index (χ0n) is 16.4. The van der Waals surface area contributed by atoms with E-state index in [0.717, 1.165) is 5.56 Å². The highest BCUT2D eigenvalue weighted by molar-refractivity contribution is 6.31. The van der Waals surface area contributed by atoms with Gasteiger partial charge in [0.2, 0.25) is 0 Å². The van der Waals surface area contributed by atoms with Crippen LogP contribution in [0.5, 0.6) is 17.2 Å². The Morgan fingerprint density at radius 2 is 1.67 bits per heavy atom. The van der Waals surface area contributed by atoms with Gasteiger partial charge in [-0.2, -0.15) is 0 Å². The minimum Gasteiger partial charge on any atom is -0.497 e. The van der Waals surface area contributed by atoms with Crippen LogP contribution in [-0.2, 0) is 0 Å². The van der Waals surface area contributed by atoms with E-state index in [1.807, 2.05) is 18.2 Å². The molecule has 0 unspecified atom stereocenters. The summed E-state index contributed by atoms with van der Waals surface area (Å²) in [7, 11) is 3.07. The van der Waals surface area contributed by atoms with Crippen LogP contribution in [0.4, 0.5) is 0 Å². The molecule has 152 valence electrons. The molecule has 0 aliphatic rings. The standard InChI is InChI=1S/C24H19ClO5/c1-28-19-8-5-7-17(14-19)24(27)30-23-13-11-18(25)15-20(23)21(26)12-10-16-6-3-4-9-22(16)29-2/h3-15H,1-2H3. The van der Waals surface area contributed by atoms with Crippen LogP contribution in [-0.4, -0.2) is 26.0 Å². The van der Waals surface area contributed by atoms with E-state index < -0.39 is 5.97 Å². The molecule has 0 fully saturated rings. The number of methoxy groups -OCH3 is 2. The van der Waals surface area contributed by atoms with Crippen molar-refractivity contribution < 1.29 is 23.8 Å². The van der Waals surface area contributed by atoms with Crippen molar-refractivity contribution in [2.24, 2.45) is 0 Å². The van der Waals surface area contributed by atoms with Crippen molar-refractivity contribution in [1.29, 1.82) is 0 Å². The Balaban J connectivity index is 1.86. The van der Waals surface area contributed by atoms with Crippen LogP contribution in [0.1, 0.15) is 26.3 Å². The second kappa shape index (κ2) is 9.76. The molecule has 3 rings (SSSR count). The summed E-state index contributed by atoms with van der Waals surface area (Å²) in [5.74, 6) is 0.298. The maximum Gasteiger partial charge on any atom is 0.343 e. The first-order valence-corrected chi connectivity index (χ1v) is 9.41. The summed E-state index contributed by atoms with van der Waals surface area (Å²) in [6.45, 7) is 0. The average molecular weight is 423 g/mol. The van der Waals surface area contributed by atoms with E-state index in [1.165, 1.54) is 25.3 Å². The van der Waals surface area contributed by atoms with Gasteiger partial charge in [-0.15, -0.1) is 0 Å². The number of halogens is 1. The smallest absolute Gasteiger partial charge is 0.343 e. The summed E-state index contributed by atoms with van der Waals surface area (Å²) < 4.78 is 15.9. The van der Waals surface area contributed by atoms with E-state index >= 15 is 0 Å². The van der Waals surface area contributed by atoms with Gasteiger partial charge in [-0.25, -0.2) is 4.79 Å². The zero-order chi connectivity index (χ0) is 21.5. The van der Waals surface area contributed by atoms with Crippen molar-refractivity contribution in [3.05, 3.63) is 94.5 Å². The molecule has 0 spiro atoms. The number of hydrogen-bond acceptors (Lipinski definition) is 5. The number of ketones is 1. The fourth-order valence-corrected chi connectivity index (χ4v) is 2.92. The van der Waals surface area contributed by atoms with E-state index in [4.69, 9.17) is 25.8 Å². The topological polar surface area (TPSA) is 61.8 Å². The molecule has 0 heterocycles. The molecule has 6 heteroatoms. The van der Waals surface area contributed by atoms with Gasteiger partial charge in [-0.3, -0.25) is 4.79 Å². The predicted molar refractivity (Wildman–Crippen MR) is 116 cm³/mol. The molecule has 0 amide bonds. The van der Waals surface area contributed by atoms with Gasteiger partial charge in [0.25, 0.3) is 0 Å². The lowest BCUT2D eigenvalue weighted by molar-refractivity contribution is 0.0732. The largest absolute Gasteiger partial charge is 0.497 e. The minimum atomic E-state index is -0.612. The van der Waals surface area contributed by atoms with Crippen LogP contribution >= 0.6 is 11.6 Å². The summed E-state index contributed by atoms with van der Waals surface area (Å²) in [6.07, 6.45) is 3.02. The number of allylic oxidation sites excluding steroid dienone is 1. The normalized spacial score (nSPS) is 10.6. The van der Waals surface area contributed by atoms with Gasteiger partial charge in [0.05, 0.1) is 25.3 Å². The van der Waals surface area contributed by atoms with Crippen molar-refractivity contribution in [2.75, 3.05) is 14.2 Å². The summed E-state index contributed by atoms with van der Waals surface area (Å²) >= 11 is 6.07. The highest BCUT2D eigenvalue weighted by Gasteiger charge is 2.16. The third-order valence-corrected chi connectivity index (χ3v) is 4.50. The molecule has 0 radical (unpaired) electrons. The summed E-state index contributed by atoms with van der Waals surface area (Å²) in [5, 5.41) is 0.352. The Bertz CT molecular complexity index is 1100. The molecule has 0 N–H and O–H groups in total. The number of carbonyl (C=O) groups is 2. The van der Waals surface area contributed by atoms with E-state index in [2.05, 4.69) is 0 Å². The van der Waals surface area contributed by atoms with E-state index in [9.17, 15) is 9.59 Å². The molecule has 0 atom stereocenters. The first-order valence-electron chi connectivity index (χ1n) is 9.03. The van der Waals surface area contributed by atoms with Crippen LogP contribution in [0.2, 0.25) is 5.02 Å². The first kappa shape index (κ1) is 21.1. The van der Waals surface area contributed by atoms with E-state index in [-0.39, 0.29) is 17.1 Å². The Hall–Kier alpha value is -3.57. The van der Waals surface area contributed by atoms with E-state index in [1.54, 1.807) is 49.6 Å². The summed E-state index contributed by atoms with van der Waals surface area (Å²) in [4.78, 5) is 25.4. The maximum atomic E-state index is 12.8. The number of rotatable bonds is 7. The highest BCUT2D eigenvalue weighted by atomic mass is 35.5. The number of benzene rings is 3. The molecule has 0 aliphatic heterocycles. The molecule has 3 aromatic rings. The fraction of sp³-hybridized carbons (Fsp3) is 0.0833. The molecule has 3 aromatic carbocycles. The Morgan fingerprint density at radius 1 is 0.867 bits per heavy atom. The third-order valence-electron chi connectivity index (χ3n) is 4.27. The molecule has 0 saturated heterocycles. The van der Waals surface area contributed by atoms with Gasteiger partial charge >= 0.3 is 5.97 Å². The van der Waals surface area contributed by atoms with Crippen molar-refractivity contribution in [3.63, 3.8) is 0 Å². The number of esters is 1. The molecule has 30 heavy (non-hydrogen) atoms. The van der Waals surface area contributed by atoms with Crippen molar-refractivity contribution in [2.45, 2.75) is 0 Å². The quantitative estimate of drug-likeness (QED) is 0.218. The predicted octanol–water partition coefficient (Wildman–Crippen LogP) is 5.47. The maximum absolute atomic E-state index is 12.8. The Morgan fingerprint density at radius 3 is 2.43 bits per heavy atom. The van der Waals surface area contributed by atoms with Crippen LogP contribution in [0.3, 0.4) is 0 Å². The van der Waals surface area contributed by atoms with Crippen LogP contribution in [0, 0.1) is 0 Å². The SMILES string of the molecule is COc1cccc(C(=O)Oc2ccc(Cl)cc2C(=O)C=Cc2ccccc2OC)c1. The Kier molecular flexibility index (Phi) is 6.88. The van der Waals surface area contributed by atoms with E-state index in [0.29, 0.717) is 22.1 Å². The van der Waals surface area contributed by atoms with Gasteiger partial charge < -0.3 is 14.2 Å². The molecular weight excluding hydrogens is 404 g/mol. The zero-order valence-corrected chi connectivity index (χ0v) is 17.2. The number of hydrogen-bond donors (Lipinski definition) is 0. The van der Waals surface area contributed by atoms with Crippen LogP contribution in [0.25, 0.3) is 6.08 Å². The van der Waals surface area contributed by atoms with Crippen molar-refractivity contribution in [1.82, 2.24) is 0 Å². The number of ether oxygens (including phenoxy) is 3. The van der Waals surface area contributed by atoms with Crippen molar-refractivity contribution in [3.8, 4) is 17.2 Å². The van der Waals surface area contributed by atoms with Crippen LogP contribution in [0.15, 0.2) is 72.8 Å². The van der Waals surface area contributed by atoms with Gasteiger partial charge in [0, 0.05) is 10.6 Å². The summed E-state index contributed by atoms with van der Waals surface area (Å²) in [5.41, 5.74) is 1.21. The van der Waals surface area contributed by atoms with Gasteiger partial charge in [-0.1, -0.05) is 35.9 Å². The fourth-order valence-electron chi connectivity index (χ4n) is 2.75. The highest BCUT2D eigenvalue weighted by Crippen LogP contribution is 2.26. The number of para-hydroxylation sites is 1. The lowest BCUT2D eigenvalue weighted by Crippen LogP contribution is -2.11. The second-order valence-corrected chi connectivity index (χ2v) is 6.64. The molecule has 0 bridgehead atoms. The average Bonchev–Trinajstić information content (AvgIpc) is 2.78. The molecule has 5 nitrogen and oxygen atoms in total. The minimum absolute atomic E-state index is 0.113. The Labute approximate surface area is 179 Å². The van der Waals surface area contributed by atoms with Crippen molar-refractivity contribution >= 4 is 29.4 Å². The third kappa shape index (κ3) is 5.07. The molecule has 0 saturated carbocycles. The number of carbonyl (C=O) groups excluding carboxylic acids is 2. The lowest BCUT2D eigenvalue weighted by atomic mass is 10.1.